The van der Waals surface area contributed by atoms with Crippen molar-refractivity contribution in [1.82, 2.24) is 0 Å². The quantitative estimate of drug-likeness (QED) is 0.161. The number of furan rings is 1. The molecule has 0 saturated carbocycles. The van der Waals surface area contributed by atoms with Gasteiger partial charge in [-0.05, 0) is 96.7 Å². The Balaban J connectivity index is 1.10. The Morgan fingerprint density at radius 2 is 1.00 bits per heavy atom. The van der Waals surface area contributed by atoms with Gasteiger partial charge in [-0.25, -0.2) is 0 Å². The monoisotopic (exact) mass is 803 g/mol. The highest BCUT2D eigenvalue weighted by Crippen LogP contribution is 2.40. The minimum Gasteiger partial charge on any atom is -0.456 e. The SMILES string of the molecule is c1ccc(-c2ccccc2-c2ccc(N(c3ccc4c(c3)oc3ccccc34)c3cccc4c3[SiH2]c3ccccc3[Si]43c4ccccc4Sc4ccccc43)cc2)cc1. The zero-order valence-corrected chi connectivity index (χ0v) is 35.4. The van der Waals surface area contributed by atoms with E-state index in [1.165, 1.54) is 58.5 Å². The van der Waals surface area contributed by atoms with Crippen molar-refractivity contribution in [1.29, 1.82) is 0 Å². The summed E-state index contributed by atoms with van der Waals surface area (Å²) >= 11 is 1.93. The van der Waals surface area contributed by atoms with E-state index in [0.717, 1.165) is 33.3 Å². The Bertz CT molecular complexity index is 3180. The van der Waals surface area contributed by atoms with Crippen molar-refractivity contribution < 1.29 is 4.42 Å². The molecule has 2 nitrogen and oxygen atoms in total. The lowest BCUT2D eigenvalue weighted by atomic mass is 9.94. The van der Waals surface area contributed by atoms with Crippen molar-refractivity contribution in [2.45, 2.75) is 9.79 Å². The van der Waals surface area contributed by atoms with Gasteiger partial charge in [-0.15, -0.1) is 0 Å². The smallest absolute Gasteiger partial charge is 0.181 e. The van der Waals surface area contributed by atoms with Crippen LogP contribution in [0.5, 0.6) is 0 Å². The Kier molecular flexibility index (Phi) is 8.02. The average molecular weight is 804 g/mol. The first-order valence-corrected chi connectivity index (χ1v) is 24.5. The summed E-state index contributed by atoms with van der Waals surface area (Å²) in [4.78, 5) is 5.27. The number of nitrogens with zero attached hydrogens (tertiary/aromatic N) is 1. The van der Waals surface area contributed by atoms with Crippen molar-refractivity contribution in [3.8, 4) is 22.3 Å². The largest absolute Gasteiger partial charge is 0.456 e. The second-order valence-corrected chi connectivity index (χ2v) is 22.1. The minimum atomic E-state index is -2.72. The molecule has 2 aliphatic rings. The fourth-order valence-electron chi connectivity index (χ4n) is 9.95. The summed E-state index contributed by atoms with van der Waals surface area (Å²) in [5.74, 6) is 0. The van der Waals surface area contributed by atoms with Crippen LogP contribution in [-0.2, 0) is 0 Å². The van der Waals surface area contributed by atoms with Crippen LogP contribution < -0.4 is 36.0 Å². The van der Waals surface area contributed by atoms with Gasteiger partial charge >= 0.3 is 0 Å². The number of rotatable bonds is 5. The van der Waals surface area contributed by atoms with Crippen LogP contribution in [0, 0.1) is 0 Å². The third-order valence-electron chi connectivity index (χ3n) is 12.5. The van der Waals surface area contributed by atoms with E-state index in [0.29, 0.717) is 0 Å². The molecular formula is C54H37NOSSi2. The van der Waals surface area contributed by atoms with E-state index >= 15 is 0 Å². The van der Waals surface area contributed by atoms with Crippen LogP contribution in [0.3, 0.4) is 0 Å². The van der Waals surface area contributed by atoms with Gasteiger partial charge in [0.25, 0.3) is 0 Å². The summed E-state index contributed by atoms with van der Waals surface area (Å²) in [7, 11) is -3.65. The van der Waals surface area contributed by atoms with Crippen molar-refractivity contribution in [2.24, 2.45) is 0 Å². The van der Waals surface area contributed by atoms with Gasteiger partial charge in [-0.1, -0.05) is 175 Å². The Labute approximate surface area is 351 Å². The molecule has 59 heavy (non-hydrogen) atoms. The molecule has 0 saturated heterocycles. The second-order valence-electron chi connectivity index (χ2n) is 15.6. The van der Waals surface area contributed by atoms with Crippen LogP contribution >= 0.6 is 11.8 Å². The molecule has 0 N–H and O–H groups in total. The fraction of sp³-hybridized carbons (Fsp3) is 0. The van der Waals surface area contributed by atoms with E-state index in [4.69, 9.17) is 4.42 Å². The number of benzene rings is 9. The van der Waals surface area contributed by atoms with Crippen LogP contribution in [0.15, 0.2) is 227 Å². The zero-order valence-electron chi connectivity index (χ0n) is 32.2. The third-order valence-corrected chi connectivity index (χ3v) is 21.8. The third kappa shape index (κ3) is 5.32. The maximum Gasteiger partial charge on any atom is 0.181 e. The van der Waals surface area contributed by atoms with Crippen LogP contribution in [0.1, 0.15) is 0 Å². The fourth-order valence-corrected chi connectivity index (χ4v) is 21.1. The van der Waals surface area contributed by atoms with Gasteiger partial charge in [0.15, 0.2) is 8.07 Å². The molecule has 0 radical (unpaired) electrons. The lowest BCUT2D eigenvalue weighted by Crippen LogP contribution is -2.84. The van der Waals surface area contributed by atoms with Crippen molar-refractivity contribution in [3.63, 3.8) is 0 Å². The minimum absolute atomic E-state index is 0.896. The first kappa shape index (κ1) is 34.4. The van der Waals surface area contributed by atoms with E-state index in [9.17, 15) is 0 Å². The predicted octanol–water partition coefficient (Wildman–Crippen LogP) is 9.66. The maximum absolute atomic E-state index is 6.56. The van der Waals surface area contributed by atoms with Gasteiger partial charge in [0.2, 0.25) is 0 Å². The van der Waals surface area contributed by atoms with Gasteiger partial charge < -0.3 is 9.32 Å². The molecule has 12 rings (SSSR count). The topological polar surface area (TPSA) is 16.4 Å². The van der Waals surface area contributed by atoms with Crippen LogP contribution in [-0.4, -0.2) is 17.6 Å². The number of para-hydroxylation sites is 1. The standard InChI is InChI=1S/C54H37NOSSi2/c1-2-15-36(16-3-1)40-17-4-5-18-41(40)37-29-31-38(32-30-37)55(39-33-34-43-42-19-6-7-21-45(42)56-46(43)35-39)44-20-14-28-53-54(44)58-49-24-10-13-27-52(49)59(53)50-25-11-8-22-47(50)57-48-23-9-12-26-51(48)59/h1-35H,58H2. The molecule has 3 heterocycles. The van der Waals surface area contributed by atoms with Crippen LogP contribution in [0.25, 0.3) is 44.2 Å². The number of fused-ring (bicyclic) bond motifs is 11. The Morgan fingerprint density at radius 1 is 0.424 bits per heavy atom. The molecule has 0 aliphatic carbocycles. The van der Waals surface area contributed by atoms with Gasteiger partial charge in [0.05, 0.1) is 9.52 Å². The molecule has 1 aromatic heterocycles. The highest BCUT2D eigenvalue weighted by atomic mass is 32.2. The Hall–Kier alpha value is -6.64. The summed E-state index contributed by atoms with van der Waals surface area (Å²) in [5, 5.41) is 11.4. The highest BCUT2D eigenvalue weighted by Gasteiger charge is 2.51. The van der Waals surface area contributed by atoms with Crippen molar-refractivity contribution in [3.05, 3.63) is 212 Å². The predicted molar refractivity (Wildman–Crippen MR) is 255 cm³/mol. The molecule has 0 unspecified atom stereocenters. The lowest BCUT2D eigenvalue weighted by Gasteiger charge is -2.45. The first-order chi connectivity index (χ1) is 29.3. The van der Waals surface area contributed by atoms with Crippen LogP contribution in [0.4, 0.5) is 17.1 Å². The van der Waals surface area contributed by atoms with E-state index in [1.807, 2.05) is 17.8 Å². The van der Waals surface area contributed by atoms with Gasteiger partial charge in [-0.2, -0.15) is 0 Å². The molecule has 0 atom stereocenters. The molecule has 10 aromatic rings. The van der Waals surface area contributed by atoms with Crippen molar-refractivity contribution >= 4 is 99.5 Å². The first-order valence-electron chi connectivity index (χ1n) is 20.3. The molecule has 9 aromatic carbocycles. The molecule has 1 spiro atoms. The molecule has 0 amide bonds. The van der Waals surface area contributed by atoms with Gasteiger partial charge in [0.1, 0.15) is 11.2 Å². The summed E-state index contributed by atoms with van der Waals surface area (Å²) < 4.78 is 6.56. The number of anilines is 3. The van der Waals surface area contributed by atoms with Crippen molar-refractivity contribution in [2.75, 3.05) is 4.90 Å². The molecule has 0 bridgehead atoms. The van der Waals surface area contributed by atoms with E-state index < -0.39 is 17.6 Å². The average Bonchev–Trinajstić information content (AvgIpc) is 3.68. The normalized spacial score (nSPS) is 13.8. The molecular weight excluding hydrogens is 767 g/mol. The Morgan fingerprint density at radius 3 is 1.76 bits per heavy atom. The number of hydrogen-bond donors (Lipinski definition) is 0. The maximum atomic E-state index is 6.56. The highest BCUT2D eigenvalue weighted by molar-refractivity contribution is 8.00. The molecule has 0 fully saturated rings. The van der Waals surface area contributed by atoms with Gasteiger partial charge in [-0.3, -0.25) is 0 Å². The summed E-state index contributed by atoms with van der Waals surface area (Å²) in [6.07, 6.45) is 0. The second kappa shape index (κ2) is 13.7. The summed E-state index contributed by atoms with van der Waals surface area (Å²) in [6.45, 7) is 0. The molecule has 278 valence electrons. The zero-order chi connectivity index (χ0) is 38.9. The van der Waals surface area contributed by atoms with Crippen LogP contribution in [0.2, 0.25) is 0 Å². The van der Waals surface area contributed by atoms with Gasteiger partial charge in [0, 0.05) is 43.7 Å². The molecule has 2 aliphatic heterocycles. The number of hydrogen-bond acceptors (Lipinski definition) is 3. The summed E-state index contributed by atoms with van der Waals surface area (Å²) in [5.41, 5.74) is 10.1. The van der Waals surface area contributed by atoms with E-state index in [2.05, 4.69) is 211 Å². The summed E-state index contributed by atoms with van der Waals surface area (Å²) in [6, 6.07) is 78.9. The van der Waals surface area contributed by atoms with E-state index in [-0.39, 0.29) is 0 Å². The van der Waals surface area contributed by atoms with E-state index in [1.54, 1.807) is 10.4 Å². The lowest BCUT2D eigenvalue weighted by molar-refractivity contribution is 0.669. The molecule has 5 heteroatoms.